The Labute approximate surface area is 199 Å². The van der Waals surface area contributed by atoms with E-state index in [9.17, 15) is 13.2 Å². The molecule has 0 bridgehead atoms. The molecular formula is C22H32N6O3S2. The number of aryl methyl sites for hydroxylation is 2. The average Bonchev–Trinajstić information content (AvgIpc) is 3.28. The molecule has 1 N–H and O–H groups in total. The van der Waals surface area contributed by atoms with Gasteiger partial charge in [-0.05, 0) is 31.9 Å². The first-order valence-electron chi connectivity index (χ1n) is 10.7. The quantitative estimate of drug-likeness (QED) is 0.518. The molecule has 0 saturated carbocycles. The van der Waals surface area contributed by atoms with Crippen LogP contribution < -0.4 is 4.72 Å². The minimum atomic E-state index is -3.75. The van der Waals surface area contributed by atoms with Gasteiger partial charge in [-0.2, -0.15) is 12.7 Å². The van der Waals surface area contributed by atoms with Gasteiger partial charge < -0.3 is 9.47 Å². The average molecular weight is 493 g/mol. The number of benzene rings is 1. The third kappa shape index (κ3) is 5.20. The number of nitrogens with zero attached hydrogens (tertiary/aromatic N) is 5. The fourth-order valence-electron chi connectivity index (χ4n) is 3.51. The van der Waals surface area contributed by atoms with Gasteiger partial charge in [0.25, 0.3) is 5.91 Å². The van der Waals surface area contributed by atoms with Crippen LogP contribution in [0.1, 0.15) is 53.7 Å². The number of hydrogen-bond acceptors (Lipinski definition) is 6. The lowest BCUT2D eigenvalue weighted by Gasteiger charge is -2.24. The number of anilines is 1. The molecule has 1 aromatic carbocycles. The molecule has 2 heterocycles. The summed E-state index contributed by atoms with van der Waals surface area (Å²) < 4.78 is 30.5. The Balaban J connectivity index is 2.13. The predicted octanol–water partition coefficient (Wildman–Crippen LogP) is 3.59. The fraction of sp³-hybridized carbons (Fsp3) is 0.500. The van der Waals surface area contributed by atoms with Crippen LogP contribution in [0.2, 0.25) is 0 Å². The number of rotatable bonds is 8. The number of carbonyl (C=O) groups is 1. The zero-order valence-electron chi connectivity index (χ0n) is 20.4. The van der Waals surface area contributed by atoms with Gasteiger partial charge >= 0.3 is 10.2 Å². The maximum Gasteiger partial charge on any atom is 0.301 e. The fourth-order valence-corrected chi connectivity index (χ4v) is 5.00. The molecular weight excluding hydrogens is 460 g/mol. The molecule has 0 aliphatic carbocycles. The van der Waals surface area contributed by atoms with Crippen molar-refractivity contribution in [3.05, 3.63) is 39.6 Å². The van der Waals surface area contributed by atoms with Gasteiger partial charge in [-0.1, -0.05) is 13.8 Å². The minimum Gasteiger partial charge on any atom is -0.332 e. The van der Waals surface area contributed by atoms with Crippen LogP contribution in [0, 0.1) is 12.8 Å². The van der Waals surface area contributed by atoms with Gasteiger partial charge in [0.2, 0.25) is 0 Å². The molecule has 180 valence electrons. The van der Waals surface area contributed by atoms with Crippen molar-refractivity contribution in [2.75, 3.05) is 25.9 Å². The van der Waals surface area contributed by atoms with Crippen molar-refractivity contribution in [3.63, 3.8) is 0 Å². The SMILES string of the molecule is Cc1csc(C(C)N(C)C(=O)c2cc(NS(=O)(=O)N(C)C)cc3nc(CC(C)C)n(C)c23)n1. The van der Waals surface area contributed by atoms with E-state index in [1.54, 1.807) is 24.1 Å². The van der Waals surface area contributed by atoms with Crippen molar-refractivity contribution < 1.29 is 13.2 Å². The predicted molar refractivity (Wildman–Crippen MR) is 133 cm³/mol. The van der Waals surface area contributed by atoms with E-state index >= 15 is 0 Å². The van der Waals surface area contributed by atoms with Crippen molar-refractivity contribution in [3.8, 4) is 0 Å². The van der Waals surface area contributed by atoms with Gasteiger partial charge in [-0.25, -0.2) is 9.97 Å². The normalized spacial score (nSPS) is 13.2. The summed E-state index contributed by atoms with van der Waals surface area (Å²) in [6.45, 7) is 8.06. The van der Waals surface area contributed by atoms with Gasteiger partial charge in [0.1, 0.15) is 10.8 Å². The number of aromatic nitrogens is 3. The second kappa shape index (κ2) is 9.40. The molecule has 33 heavy (non-hydrogen) atoms. The Bertz CT molecular complexity index is 1280. The van der Waals surface area contributed by atoms with Gasteiger partial charge in [0, 0.05) is 45.7 Å². The summed E-state index contributed by atoms with van der Waals surface area (Å²) in [4.78, 5) is 24.6. The zero-order chi connectivity index (χ0) is 24.7. The second-order valence-electron chi connectivity index (χ2n) is 8.89. The summed E-state index contributed by atoms with van der Waals surface area (Å²) in [5, 5.41) is 2.80. The van der Waals surface area contributed by atoms with Gasteiger partial charge in [0.15, 0.2) is 0 Å². The van der Waals surface area contributed by atoms with Crippen molar-refractivity contribution in [2.24, 2.45) is 13.0 Å². The van der Waals surface area contributed by atoms with E-state index in [1.165, 1.54) is 25.4 Å². The summed E-state index contributed by atoms with van der Waals surface area (Å²) in [5.41, 5.74) is 2.84. The number of carbonyl (C=O) groups excluding carboxylic acids is 1. The highest BCUT2D eigenvalue weighted by Crippen LogP contribution is 2.30. The van der Waals surface area contributed by atoms with E-state index in [-0.39, 0.29) is 11.9 Å². The first-order valence-corrected chi connectivity index (χ1v) is 13.0. The lowest BCUT2D eigenvalue weighted by molar-refractivity contribution is 0.0744. The lowest BCUT2D eigenvalue weighted by Crippen LogP contribution is -2.31. The lowest BCUT2D eigenvalue weighted by atomic mass is 10.1. The van der Waals surface area contributed by atoms with E-state index < -0.39 is 10.2 Å². The molecule has 3 rings (SSSR count). The Morgan fingerprint density at radius 1 is 1.18 bits per heavy atom. The smallest absolute Gasteiger partial charge is 0.301 e. The number of hydrogen-bond donors (Lipinski definition) is 1. The van der Waals surface area contributed by atoms with Crippen LogP contribution in [0.5, 0.6) is 0 Å². The number of fused-ring (bicyclic) bond motifs is 1. The van der Waals surface area contributed by atoms with Crippen molar-refractivity contribution in [2.45, 2.75) is 40.2 Å². The van der Waals surface area contributed by atoms with E-state index in [4.69, 9.17) is 4.98 Å². The third-order valence-electron chi connectivity index (χ3n) is 5.51. The maximum absolute atomic E-state index is 13.7. The highest BCUT2D eigenvalue weighted by molar-refractivity contribution is 7.90. The summed E-state index contributed by atoms with van der Waals surface area (Å²) in [6.07, 6.45) is 0.738. The molecule has 1 atom stereocenters. The maximum atomic E-state index is 13.7. The number of thiazole rings is 1. The summed E-state index contributed by atoms with van der Waals surface area (Å²) in [7, 11) is 2.77. The molecule has 11 heteroatoms. The first-order chi connectivity index (χ1) is 15.3. The molecule has 1 amide bonds. The standard InChI is InChI=1S/C22H32N6O3S2/c1-13(2)9-19-24-18-11-16(25-33(30,31)26(5)6)10-17(20(18)28(19)8)22(29)27(7)15(4)21-23-14(3)12-32-21/h10-13,15,25H,9H2,1-8H3. The minimum absolute atomic E-state index is 0.231. The van der Waals surface area contributed by atoms with E-state index in [1.807, 2.05) is 30.8 Å². The molecule has 9 nitrogen and oxygen atoms in total. The summed E-state index contributed by atoms with van der Waals surface area (Å²) in [5.74, 6) is 0.987. The molecule has 0 saturated heterocycles. The second-order valence-corrected chi connectivity index (χ2v) is 11.7. The largest absolute Gasteiger partial charge is 0.332 e. The number of nitrogens with one attached hydrogen (secondary N) is 1. The Hall–Kier alpha value is -2.50. The Kier molecular flexibility index (Phi) is 7.15. The summed E-state index contributed by atoms with van der Waals surface area (Å²) in [6, 6.07) is 3.02. The molecule has 2 aromatic heterocycles. The molecule has 1 unspecified atom stereocenters. The van der Waals surface area contributed by atoms with E-state index in [0.717, 1.165) is 27.3 Å². The van der Waals surface area contributed by atoms with E-state index in [0.29, 0.717) is 28.2 Å². The highest BCUT2D eigenvalue weighted by Gasteiger charge is 2.26. The third-order valence-corrected chi connectivity index (χ3v) is 8.09. The van der Waals surface area contributed by atoms with Crippen LogP contribution in [0.3, 0.4) is 0 Å². The van der Waals surface area contributed by atoms with E-state index in [2.05, 4.69) is 23.6 Å². The summed E-state index contributed by atoms with van der Waals surface area (Å²) >= 11 is 1.51. The van der Waals surface area contributed by atoms with Crippen molar-refractivity contribution >= 4 is 44.2 Å². The monoisotopic (exact) mass is 492 g/mol. The Morgan fingerprint density at radius 3 is 2.39 bits per heavy atom. The van der Waals surface area contributed by atoms with Crippen LogP contribution in [0.25, 0.3) is 11.0 Å². The molecule has 0 aliphatic rings. The number of amides is 1. The highest BCUT2D eigenvalue weighted by atomic mass is 32.2. The molecule has 0 aliphatic heterocycles. The van der Waals surface area contributed by atoms with Crippen LogP contribution in [0.4, 0.5) is 5.69 Å². The van der Waals surface area contributed by atoms with Crippen molar-refractivity contribution in [1.82, 2.24) is 23.7 Å². The molecule has 0 spiro atoms. The molecule has 3 aromatic rings. The van der Waals surface area contributed by atoms with Crippen LogP contribution in [-0.2, 0) is 23.7 Å². The Morgan fingerprint density at radius 2 is 1.85 bits per heavy atom. The topological polar surface area (TPSA) is 100 Å². The number of imidazole rings is 1. The van der Waals surface area contributed by atoms with Gasteiger partial charge in [0.05, 0.1) is 28.3 Å². The van der Waals surface area contributed by atoms with Crippen LogP contribution in [-0.4, -0.2) is 59.2 Å². The zero-order valence-corrected chi connectivity index (χ0v) is 22.0. The molecule has 0 fully saturated rings. The molecule has 0 radical (unpaired) electrons. The van der Waals surface area contributed by atoms with Crippen molar-refractivity contribution in [1.29, 1.82) is 0 Å². The van der Waals surface area contributed by atoms with Crippen LogP contribution >= 0.6 is 11.3 Å². The van der Waals surface area contributed by atoms with Gasteiger partial charge in [-0.15, -0.1) is 11.3 Å². The van der Waals surface area contributed by atoms with Crippen LogP contribution in [0.15, 0.2) is 17.5 Å². The van der Waals surface area contributed by atoms with Gasteiger partial charge in [-0.3, -0.25) is 9.52 Å². The first kappa shape index (κ1) is 25.1.